The monoisotopic (exact) mass is 217 g/mol. The third-order valence-corrected chi connectivity index (χ3v) is 2.95. The van der Waals surface area contributed by atoms with Crippen LogP contribution in [0.3, 0.4) is 0 Å². The molecule has 2 N–H and O–H groups in total. The van der Waals surface area contributed by atoms with Gasteiger partial charge in [0.15, 0.2) is 0 Å². The van der Waals surface area contributed by atoms with E-state index in [0.717, 1.165) is 19.4 Å². The van der Waals surface area contributed by atoms with Crippen molar-refractivity contribution in [3.05, 3.63) is 0 Å². The third kappa shape index (κ3) is 3.72. The summed E-state index contributed by atoms with van der Waals surface area (Å²) < 4.78 is 10.6. The molecule has 1 atom stereocenters. The van der Waals surface area contributed by atoms with Gasteiger partial charge >= 0.3 is 0 Å². The highest BCUT2D eigenvalue weighted by Crippen LogP contribution is 2.31. The summed E-state index contributed by atoms with van der Waals surface area (Å²) in [5, 5.41) is 12.9. The minimum atomic E-state index is -0.194. The zero-order valence-electron chi connectivity index (χ0n) is 10.0. The van der Waals surface area contributed by atoms with Gasteiger partial charge in [0, 0.05) is 25.8 Å². The molecule has 1 fully saturated rings. The zero-order chi connectivity index (χ0) is 11.4. The summed E-state index contributed by atoms with van der Waals surface area (Å²) in [6.45, 7) is 6.43. The van der Waals surface area contributed by atoms with Crippen molar-refractivity contribution in [2.45, 2.75) is 37.8 Å². The molecule has 90 valence electrons. The quantitative estimate of drug-likeness (QED) is 0.660. The molecule has 1 saturated heterocycles. The first-order valence-corrected chi connectivity index (χ1v) is 5.52. The van der Waals surface area contributed by atoms with E-state index in [9.17, 15) is 5.11 Å². The van der Waals surface area contributed by atoms with Gasteiger partial charge in [0.2, 0.25) is 0 Å². The topological polar surface area (TPSA) is 50.7 Å². The summed E-state index contributed by atoms with van der Waals surface area (Å²) in [6, 6.07) is 0. The maximum atomic E-state index is 9.51. The second-order valence-electron chi connectivity index (χ2n) is 4.89. The highest BCUT2D eigenvalue weighted by Gasteiger charge is 2.39. The molecule has 0 bridgehead atoms. The first-order valence-electron chi connectivity index (χ1n) is 5.52. The van der Waals surface area contributed by atoms with Crippen LogP contribution in [-0.2, 0) is 9.47 Å². The van der Waals surface area contributed by atoms with Crippen LogP contribution in [0, 0.1) is 0 Å². The van der Waals surface area contributed by atoms with E-state index < -0.39 is 0 Å². The number of aliphatic hydroxyl groups excluding tert-OH is 1. The fourth-order valence-corrected chi connectivity index (χ4v) is 2.24. The van der Waals surface area contributed by atoms with Crippen LogP contribution in [0.5, 0.6) is 0 Å². The number of hydrogen-bond donors (Lipinski definition) is 2. The molecule has 0 saturated carbocycles. The molecule has 1 aliphatic rings. The highest BCUT2D eigenvalue weighted by atomic mass is 16.5. The van der Waals surface area contributed by atoms with Gasteiger partial charge in [-0.05, 0) is 26.7 Å². The largest absolute Gasteiger partial charge is 0.394 e. The Morgan fingerprint density at radius 1 is 1.47 bits per heavy atom. The van der Waals surface area contributed by atoms with Crippen molar-refractivity contribution in [3.63, 3.8) is 0 Å². The van der Waals surface area contributed by atoms with E-state index >= 15 is 0 Å². The molecule has 0 aromatic heterocycles. The summed E-state index contributed by atoms with van der Waals surface area (Å²) in [6.07, 6.45) is 1.69. The Labute approximate surface area is 92.0 Å². The van der Waals surface area contributed by atoms with Gasteiger partial charge in [-0.15, -0.1) is 0 Å². The van der Waals surface area contributed by atoms with Crippen LogP contribution in [-0.4, -0.2) is 49.7 Å². The normalized spacial score (nSPS) is 30.4. The van der Waals surface area contributed by atoms with Crippen LogP contribution in [0.25, 0.3) is 0 Å². The summed E-state index contributed by atoms with van der Waals surface area (Å²) in [5.41, 5.74) is -0.346. The SMILES string of the molecule is COCCNC1(CO)CCOC(C)(C)C1. The van der Waals surface area contributed by atoms with Gasteiger partial charge in [-0.3, -0.25) is 0 Å². The minimum Gasteiger partial charge on any atom is -0.394 e. The summed E-state index contributed by atoms with van der Waals surface area (Å²) in [5.74, 6) is 0. The zero-order valence-corrected chi connectivity index (χ0v) is 10.0. The molecule has 0 amide bonds. The Morgan fingerprint density at radius 2 is 2.20 bits per heavy atom. The third-order valence-electron chi connectivity index (χ3n) is 2.95. The number of aliphatic hydroxyl groups is 1. The number of hydrogen-bond acceptors (Lipinski definition) is 4. The Kier molecular flexibility index (Phi) is 4.52. The predicted molar refractivity (Wildman–Crippen MR) is 59.0 cm³/mol. The van der Waals surface area contributed by atoms with E-state index in [1.165, 1.54) is 0 Å². The highest BCUT2D eigenvalue weighted by molar-refractivity contribution is 4.96. The lowest BCUT2D eigenvalue weighted by Crippen LogP contribution is -2.57. The molecule has 4 nitrogen and oxygen atoms in total. The van der Waals surface area contributed by atoms with Gasteiger partial charge in [0.05, 0.1) is 18.8 Å². The Balaban J connectivity index is 2.51. The Hall–Kier alpha value is -0.160. The molecular formula is C11H23NO3. The molecule has 0 aromatic carbocycles. The van der Waals surface area contributed by atoms with Crippen molar-refractivity contribution in [3.8, 4) is 0 Å². The van der Waals surface area contributed by atoms with Crippen LogP contribution >= 0.6 is 0 Å². The van der Waals surface area contributed by atoms with Crippen LogP contribution < -0.4 is 5.32 Å². The average Bonchev–Trinajstić information content (AvgIpc) is 2.17. The fourth-order valence-electron chi connectivity index (χ4n) is 2.24. The van der Waals surface area contributed by atoms with Crippen LogP contribution in [0.4, 0.5) is 0 Å². The molecule has 1 heterocycles. The number of methoxy groups -OCH3 is 1. The lowest BCUT2D eigenvalue weighted by Gasteiger charge is -2.44. The van der Waals surface area contributed by atoms with Crippen molar-refractivity contribution in [2.24, 2.45) is 0 Å². The van der Waals surface area contributed by atoms with Crippen LogP contribution in [0.2, 0.25) is 0 Å². The number of nitrogens with one attached hydrogen (secondary N) is 1. The molecular weight excluding hydrogens is 194 g/mol. The standard InChI is InChI=1S/C11H23NO3/c1-10(2)8-11(9-13,4-6-15-10)12-5-7-14-3/h12-13H,4-9H2,1-3H3. The van der Waals surface area contributed by atoms with Crippen molar-refractivity contribution >= 4 is 0 Å². The van der Waals surface area contributed by atoms with Crippen LogP contribution in [0.1, 0.15) is 26.7 Å². The van der Waals surface area contributed by atoms with E-state index in [2.05, 4.69) is 19.2 Å². The van der Waals surface area contributed by atoms with Crippen molar-refractivity contribution in [1.29, 1.82) is 0 Å². The molecule has 0 aliphatic carbocycles. The van der Waals surface area contributed by atoms with E-state index in [1.807, 2.05) is 0 Å². The van der Waals surface area contributed by atoms with Crippen LogP contribution in [0.15, 0.2) is 0 Å². The van der Waals surface area contributed by atoms with Gasteiger partial charge in [0.25, 0.3) is 0 Å². The fraction of sp³-hybridized carbons (Fsp3) is 1.00. The van der Waals surface area contributed by atoms with Gasteiger partial charge in [-0.1, -0.05) is 0 Å². The smallest absolute Gasteiger partial charge is 0.0645 e. The number of rotatable bonds is 5. The van der Waals surface area contributed by atoms with Gasteiger partial charge in [0.1, 0.15) is 0 Å². The summed E-state index contributed by atoms with van der Waals surface area (Å²) in [4.78, 5) is 0. The minimum absolute atomic E-state index is 0.152. The van der Waals surface area contributed by atoms with Crippen molar-refractivity contribution < 1.29 is 14.6 Å². The van der Waals surface area contributed by atoms with E-state index in [-0.39, 0.29) is 17.7 Å². The molecule has 1 aliphatic heterocycles. The molecule has 15 heavy (non-hydrogen) atoms. The Bertz CT molecular complexity index is 196. The van der Waals surface area contributed by atoms with Gasteiger partial charge in [-0.25, -0.2) is 0 Å². The summed E-state index contributed by atoms with van der Waals surface area (Å²) >= 11 is 0. The average molecular weight is 217 g/mol. The van der Waals surface area contributed by atoms with E-state index in [0.29, 0.717) is 13.2 Å². The maximum absolute atomic E-state index is 9.51. The number of ether oxygens (including phenoxy) is 2. The first kappa shape index (κ1) is 12.9. The van der Waals surface area contributed by atoms with Crippen molar-refractivity contribution in [2.75, 3.05) is 33.5 Å². The van der Waals surface area contributed by atoms with Gasteiger partial charge in [-0.2, -0.15) is 0 Å². The summed E-state index contributed by atoms with van der Waals surface area (Å²) in [7, 11) is 1.68. The van der Waals surface area contributed by atoms with Crippen molar-refractivity contribution in [1.82, 2.24) is 5.32 Å². The molecule has 0 radical (unpaired) electrons. The molecule has 4 heteroatoms. The predicted octanol–water partition coefficient (Wildman–Crippen LogP) is 0.542. The lowest BCUT2D eigenvalue weighted by molar-refractivity contribution is -0.0986. The molecule has 1 rings (SSSR count). The van der Waals surface area contributed by atoms with Gasteiger partial charge < -0.3 is 19.9 Å². The second kappa shape index (κ2) is 5.25. The molecule has 1 unspecified atom stereocenters. The van der Waals surface area contributed by atoms with E-state index in [1.54, 1.807) is 7.11 Å². The second-order valence-corrected chi connectivity index (χ2v) is 4.89. The Morgan fingerprint density at radius 3 is 2.73 bits per heavy atom. The molecule has 0 aromatic rings. The lowest BCUT2D eigenvalue weighted by atomic mass is 9.82. The maximum Gasteiger partial charge on any atom is 0.0645 e. The van der Waals surface area contributed by atoms with E-state index in [4.69, 9.17) is 9.47 Å². The first-order chi connectivity index (χ1) is 7.04. The molecule has 0 spiro atoms.